The van der Waals surface area contributed by atoms with Crippen molar-refractivity contribution in [3.05, 3.63) is 54.1 Å². The molecule has 0 radical (unpaired) electrons. The van der Waals surface area contributed by atoms with Crippen LogP contribution in [0.4, 0.5) is 0 Å². The number of hydrogen-bond acceptors (Lipinski definition) is 3. The number of carbonyl (C=O) groups excluding carboxylic acids is 2. The van der Waals surface area contributed by atoms with Gasteiger partial charge < -0.3 is 14.4 Å². The highest BCUT2D eigenvalue weighted by Gasteiger charge is 2.31. The van der Waals surface area contributed by atoms with Crippen molar-refractivity contribution in [2.75, 3.05) is 13.1 Å². The van der Waals surface area contributed by atoms with E-state index in [2.05, 4.69) is 11.9 Å². The van der Waals surface area contributed by atoms with Gasteiger partial charge in [0.05, 0.1) is 12.5 Å². The highest BCUT2D eigenvalue weighted by Crippen LogP contribution is 2.19. The van der Waals surface area contributed by atoms with E-state index in [0.717, 1.165) is 12.0 Å². The van der Waals surface area contributed by atoms with Crippen LogP contribution in [0.3, 0.4) is 0 Å². The number of aromatic nitrogens is 2. The normalized spacial score (nSPS) is 18.3. The van der Waals surface area contributed by atoms with Crippen LogP contribution in [0.1, 0.15) is 35.8 Å². The topological polar surface area (TPSA) is 58.4 Å². The van der Waals surface area contributed by atoms with Gasteiger partial charge in [-0.2, -0.15) is 0 Å². The summed E-state index contributed by atoms with van der Waals surface area (Å²) >= 11 is 0. The van der Waals surface area contributed by atoms with Crippen LogP contribution in [0, 0.1) is 0 Å². The SMILES string of the molecule is CCC1CN(C(=O)c2cncn2C)CCC(=O)N1Cc1ccccc1. The monoisotopic (exact) mass is 340 g/mol. The zero-order valence-electron chi connectivity index (χ0n) is 14.8. The van der Waals surface area contributed by atoms with Crippen LogP contribution >= 0.6 is 0 Å². The first-order chi connectivity index (χ1) is 12.1. The number of rotatable bonds is 4. The average molecular weight is 340 g/mol. The summed E-state index contributed by atoms with van der Waals surface area (Å²) in [7, 11) is 1.81. The number of imidazole rings is 1. The minimum atomic E-state index is -0.0622. The summed E-state index contributed by atoms with van der Waals surface area (Å²) in [5.74, 6) is 0.0452. The van der Waals surface area contributed by atoms with Gasteiger partial charge in [0.25, 0.3) is 5.91 Å². The van der Waals surface area contributed by atoms with Crippen molar-refractivity contribution >= 4 is 11.8 Å². The highest BCUT2D eigenvalue weighted by molar-refractivity contribution is 5.93. The molecule has 0 bridgehead atoms. The van der Waals surface area contributed by atoms with E-state index in [1.807, 2.05) is 42.3 Å². The first-order valence-corrected chi connectivity index (χ1v) is 8.69. The summed E-state index contributed by atoms with van der Waals surface area (Å²) in [4.78, 5) is 33.2. The van der Waals surface area contributed by atoms with Gasteiger partial charge in [-0.3, -0.25) is 9.59 Å². The standard InChI is InChI=1S/C19H24N4O2/c1-3-16-13-22(19(25)17-11-20-14-21(17)2)10-9-18(24)23(16)12-15-7-5-4-6-8-15/h4-8,11,14,16H,3,9-10,12-13H2,1-2H3. The summed E-state index contributed by atoms with van der Waals surface area (Å²) < 4.78 is 1.72. The van der Waals surface area contributed by atoms with Crippen molar-refractivity contribution in [1.82, 2.24) is 19.4 Å². The quantitative estimate of drug-likeness (QED) is 0.856. The van der Waals surface area contributed by atoms with E-state index in [4.69, 9.17) is 0 Å². The van der Waals surface area contributed by atoms with Gasteiger partial charge in [-0.15, -0.1) is 0 Å². The minimum absolute atomic E-state index is 0.0207. The van der Waals surface area contributed by atoms with Crippen LogP contribution < -0.4 is 0 Å². The Hall–Kier alpha value is -2.63. The van der Waals surface area contributed by atoms with E-state index < -0.39 is 0 Å². The molecule has 2 amide bonds. The number of nitrogens with zero attached hydrogens (tertiary/aromatic N) is 4. The van der Waals surface area contributed by atoms with Crippen molar-refractivity contribution in [2.24, 2.45) is 7.05 Å². The lowest BCUT2D eigenvalue weighted by atomic mass is 10.1. The summed E-state index contributed by atoms with van der Waals surface area (Å²) in [5.41, 5.74) is 1.67. The molecule has 1 fully saturated rings. The van der Waals surface area contributed by atoms with E-state index >= 15 is 0 Å². The third kappa shape index (κ3) is 3.73. The molecule has 6 nitrogen and oxygen atoms in total. The number of benzene rings is 1. The van der Waals surface area contributed by atoms with Crippen LogP contribution in [-0.4, -0.2) is 50.3 Å². The average Bonchev–Trinajstić information content (AvgIpc) is 2.99. The van der Waals surface area contributed by atoms with Crippen molar-refractivity contribution < 1.29 is 9.59 Å². The number of hydrogen-bond donors (Lipinski definition) is 0. The molecule has 1 saturated heterocycles. The largest absolute Gasteiger partial charge is 0.335 e. The molecule has 1 aromatic carbocycles. The predicted octanol–water partition coefficient (Wildman–Crippen LogP) is 2.07. The van der Waals surface area contributed by atoms with Gasteiger partial charge in [0, 0.05) is 39.1 Å². The molecule has 1 aliphatic rings. The van der Waals surface area contributed by atoms with E-state index in [9.17, 15) is 9.59 Å². The fraction of sp³-hybridized carbons (Fsp3) is 0.421. The minimum Gasteiger partial charge on any atom is -0.335 e. The zero-order valence-corrected chi connectivity index (χ0v) is 14.8. The Balaban J connectivity index is 1.79. The Kier molecular flexibility index (Phi) is 5.16. The van der Waals surface area contributed by atoms with Gasteiger partial charge in [0.2, 0.25) is 5.91 Å². The van der Waals surface area contributed by atoms with Crippen LogP contribution in [0.5, 0.6) is 0 Å². The first-order valence-electron chi connectivity index (χ1n) is 8.69. The van der Waals surface area contributed by atoms with Crippen molar-refractivity contribution in [3.8, 4) is 0 Å². The fourth-order valence-corrected chi connectivity index (χ4v) is 3.28. The summed E-state index contributed by atoms with van der Waals surface area (Å²) in [6, 6.07) is 10.0. The van der Waals surface area contributed by atoms with Crippen molar-refractivity contribution in [1.29, 1.82) is 0 Å². The number of aryl methyl sites for hydroxylation is 1. The van der Waals surface area contributed by atoms with Gasteiger partial charge in [0.1, 0.15) is 5.69 Å². The summed E-state index contributed by atoms with van der Waals surface area (Å²) in [6.07, 6.45) is 4.37. The molecule has 6 heteroatoms. The third-order valence-corrected chi connectivity index (χ3v) is 4.78. The van der Waals surface area contributed by atoms with Gasteiger partial charge in [-0.05, 0) is 12.0 Å². The molecule has 1 aromatic heterocycles. The maximum absolute atomic E-state index is 12.8. The first kappa shape index (κ1) is 17.2. The van der Waals surface area contributed by atoms with E-state index in [1.54, 1.807) is 22.0 Å². The second-order valence-electron chi connectivity index (χ2n) is 6.46. The molecule has 25 heavy (non-hydrogen) atoms. The molecular formula is C19H24N4O2. The van der Waals surface area contributed by atoms with Crippen LogP contribution in [-0.2, 0) is 18.4 Å². The molecule has 132 valence electrons. The summed E-state index contributed by atoms with van der Waals surface area (Å²) in [6.45, 7) is 3.66. The Morgan fingerprint density at radius 1 is 1.28 bits per heavy atom. The van der Waals surface area contributed by atoms with Gasteiger partial charge in [0.15, 0.2) is 0 Å². The Labute approximate surface area is 148 Å². The van der Waals surface area contributed by atoms with Crippen molar-refractivity contribution in [3.63, 3.8) is 0 Å². The number of amides is 2. The number of carbonyl (C=O) groups is 2. The Bertz CT molecular complexity index is 741. The summed E-state index contributed by atoms with van der Waals surface area (Å²) in [5, 5.41) is 0. The molecule has 1 aliphatic heterocycles. The second-order valence-corrected chi connectivity index (χ2v) is 6.46. The van der Waals surface area contributed by atoms with E-state index in [-0.39, 0.29) is 17.9 Å². The molecule has 0 aliphatic carbocycles. The molecule has 3 rings (SSSR count). The van der Waals surface area contributed by atoms with Gasteiger partial charge in [-0.1, -0.05) is 37.3 Å². The molecule has 2 aromatic rings. The highest BCUT2D eigenvalue weighted by atomic mass is 16.2. The molecule has 0 spiro atoms. The maximum Gasteiger partial charge on any atom is 0.272 e. The molecular weight excluding hydrogens is 316 g/mol. The zero-order chi connectivity index (χ0) is 17.8. The lowest BCUT2D eigenvalue weighted by Gasteiger charge is -2.31. The van der Waals surface area contributed by atoms with Gasteiger partial charge in [-0.25, -0.2) is 4.98 Å². The molecule has 2 heterocycles. The molecule has 1 atom stereocenters. The van der Waals surface area contributed by atoms with E-state index in [0.29, 0.717) is 31.7 Å². The third-order valence-electron chi connectivity index (χ3n) is 4.78. The fourth-order valence-electron chi connectivity index (χ4n) is 3.28. The second kappa shape index (κ2) is 7.51. The predicted molar refractivity (Wildman–Crippen MR) is 94.8 cm³/mol. The molecule has 1 unspecified atom stereocenters. The molecule has 0 N–H and O–H groups in total. The lowest BCUT2D eigenvalue weighted by molar-refractivity contribution is -0.133. The lowest BCUT2D eigenvalue weighted by Crippen LogP contribution is -2.44. The maximum atomic E-state index is 12.8. The Morgan fingerprint density at radius 3 is 2.68 bits per heavy atom. The Morgan fingerprint density at radius 2 is 2.04 bits per heavy atom. The van der Waals surface area contributed by atoms with Crippen LogP contribution in [0.25, 0.3) is 0 Å². The van der Waals surface area contributed by atoms with Crippen LogP contribution in [0.15, 0.2) is 42.9 Å². The smallest absolute Gasteiger partial charge is 0.272 e. The van der Waals surface area contributed by atoms with Gasteiger partial charge >= 0.3 is 0 Å². The van der Waals surface area contributed by atoms with Crippen molar-refractivity contribution in [2.45, 2.75) is 32.4 Å². The molecule has 0 saturated carbocycles. The van der Waals surface area contributed by atoms with E-state index in [1.165, 1.54) is 0 Å². The van der Waals surface area contributed by atoms with Crippen LogP contribution in [0.2, 0.25) is 0 Å².